The maximum absolute atomic E-state index is 11.7. The van der Waals surface area contributed by atoms with Crippen molar-refractivity contribution in [2.24, 2.45) is 0 Å². The Morgan fingerprint density at radius 3 is 2.17 bits per heavy atom. The number of nitrogens with one attached hydrogen (secondary N) is 1. The highest BCUT2D eigenvalue weighted by atomic mass is 31.2. The Kier molecular flexibility index (Phi) is 6.36. The first-order valence-electron chi connectivity index (χ1n) is 6.92. The van der Waals surface area contributed by atoms with Crippen LogP contribution in [0.1, 0.15) is 26.3 Å². The fraction of sp³-hybridized carbons (Fsp3) is 0.429. The molecule has 0 aliphatic heterocycles. The van der Waals surface area contributed by atoms with Crippen molar-refractivity contribution in [2.75, 3.05) is 0 Å². The quantitative estimate of drug-likeness (QED) is 0.561. The minimum Gasteiger partial charge on any atom is -0.480 e. The van der Waals surface area contributed by atoms with E-state index in [1.165, 1.54) is 24.3 Å². The molecule has 1 atom stereocenters. The topological polar surface area (TPSA) is 142 Å². The maximum atomic E-state index is 11.7. The largest absolute Gasteiger partial charge is 0.524 e. The Morgan fingerprint density at radius 1 is 1.21 bits per heavy atom. The van der Waals surface area contributed by atoms with Gasteiger partial charge in [0.1, 0.15) is 17.4 Å². The van der Waals surface area contributed by atoms with Gasteiger partial charge in [0, 0.05) is 6.42 Å². The zero-order chi connectivity index (χ0) is 18.5. The van der Waals surface area contributed by atoms with Crippen molar-refractivity contribution < 1.29 is 38.3 Å². The molecule has 0 spiro atoms. The average Bonchev–Trinajstić information content (AvgIpc) is 2.36. The van der Waals surface area contributed by atoms with Crippen molar-refractivity contribution in [3.63, 3.8) is 0 Å². The molecule has 134 valence electrons. The van der Waals surface area contributed by atoms with Crippen LogP contribution in [0.3, 0.4) is 0 Å². The Labute approximate surface area is 138 Å². The van der Waals surface area contributed by atoms with E-state index < -0.39 is 31.5 Å². The highest BCUT2D eigenvalue weighted by Gasteiger charge is 2.24. The van der Waals surface area contributed by atoms with Gasteiger partial charge in [0.25, 0.3) is 0 Å². The summed E-state index contributed by atoms with van der Waals surface area (Å²) in [6.07, 6.45) is -0.888. The summed E-state index contributed by atoms with van der Waals surface area (Å²) in [6.45, 7) is 4.96. The molecule has 0 radical (unpaired) electrons. The van der Waals surface area contributed by atoms with Crippen LogP contribution in [0.5, 0.6) is 5.75 Å². The lowest BCUT2D eigenvalue weighted by atomic mass is 10.1. The fourth-order valence-corrected chi connectivity index (χ4v) is 2.11. The van der Waals surface area contributed by atoms with Gasteiger partial charge in [-0.05, 0) is 38.5 Å². The van der Waals surface area contributed by atoms with Gasteiger partial charge in [0.15, 0.2) is 0 Å². The zero-order valence-electron chi connectivity index (χ0n) is 13.4. The molecule has 1 rings (SSSR count). The van der Waals surface area contributed by atoms with Gasteiger partial charge >= 0.3 is 19.9 Å². The molecule has 0 unspecified atom stereocenters. The number of amides is 1. The lowest BCUT2D eigenvalue weighted by molar-refractivity contribution is -0.139. The first-order chi connectivity index (χ1) is 10.9. The molecular formula is C14H20NO8P. The smallest absolute Gasteiger partial charge is 0.480 e. The molecule has 1 amide bonds. The second-order valence-corrected chi connectivity index (χ2v) is 7.13. The molecule has 0 fully saturated rings. The molecule has 0 aliphatic rings. The maximum Gasteiger partial charge on any atom is 0.524 e. The van der Waals surface area contributed by atoms with Gasteiger partial charge in [-0.15, -0.1) is 0 Å². The van der Waals surface area contributed by atoms with E-state index >= 15 is 0 Å². The summed E-state index contributed by atoms with van der Waals surface area (Å²) >= 11 is 0. The Balaban J connectivity index is 2.73. The highest BCUT2D eigenvalue weighted by molar-refractivity contribution is 7.46. The summed E-state index contributed by atoms with van der Waals surface area (Å²) in [4.78, 5) is 40.3. The minimum atomic E-state index is -4.65. The number of carbonyl (C=O) groups is 2. The predicted molar refractivity (Wildman–Crippen MR) is 83.6 cm³/mol. The molecule has 1 aromatic carbocycles. The molecule has 0 heterocycles. The van der Waals surface area contributed by atoms with Gasteiger partial charge in [-0.2, -0.15) is 0 Å². The van der Waals surface area contributed by atoms with Crippen LogP contribution in [-0.4, -0.2) is 38.6 Å². The Bertz CT molecular complexity index is 631. The van der Waals surface area contributed by atoms with E-state index in [1.54, 1.807) is 20.8 Å². The van der Waals surface area contributed by atoms with Crippen LogP contribution in [0.4, 0.5) is 4.79 Å². The molecule has 4 N–H and O–H groups in total. The number of phosphoric acid groups is 1. The van der Waals surface area contributed by atoms with Crippen molar-refractivity contribution in [1.29, 1.82) is 0 Å². The van der Waals surface area contributed by atoms with Crippen LogP contribution >= 0.6 is 7.82 Å². The SMILES string of the molecule is CC(C)(C)OC(=O)N[C@H](Cc1ccc(OP(=O)(O)O)cc1)C(=O)O. The number of carbonyl (C=O) groups excluding carboxylic acids is 1. The molecule has 10 heteroatoms. The monoisotopic (exact) mass is 361 g/mol. The molecule has 0 aliphatic carbocycles. The van der Waals surface area contributed by atoms with E-state index in [2.05, 4.69) is 9.84 Å². The normalized spacial score (nSPS) is 13.0. The number of rotatable bonds is 6. The van der Waals surface area contributed by atoms with Crippen molar-refractivity contribution in [1.82, 2.24) is 5.32 Å². The summed E-state index contributed by atoms with van der Waals surface area (Å²) in [5, 5.41) is 11.4. The average molecular weight is 361 g/mol. The van der Waals surface area contributed by atoms with Crippen LogP contribution in [0.2, 0.25) is 0 Å². The van der Waals surface area contributed by atoms with E-state index in [0.29, 0.717) is 5.56 Å². The summed E-state index contributed by atoms with van der Waals surface area (Å²) < 4.78 is 20.1. The fourth-order valence-electron chi connectivity index (χ4n) is 1.71. The molecule has 0 bridgehead atoms. The summed E-state index contributed by atoms with van der Waals surface area (Å²) in [5.74, 6) is -1.30. The zero-order valence-corrected chi connectivity index (χ0v) is 14.3. The standard InChI is InChI=1S/C14H20NO8P/c1-14(2,3)22-13(18)15-11(12(16)17)8-9-4-6-10(7-5-9)23-24(19,20)21/h4-7,11H,8H2,1-3H3,(H,15,18)(H,16,17)(H2,19,20,21)/t11-/m1/s1. The third-order valence-electron chi connectivity index (χ3n) is 2.58. The predicted octanol–water partition coefficient (Wildman–Crippen LogP) is 1.68. The first kappa shape index (κ1) is 20.0. The number of carboxylic acids is 1. The molecule has 0 saturated heterocycles. The molecule has 9 nitrogen and oxygen atoms in total. The highest BCUT2D eigenvalue weighted by Crippen LogP contribution is 2.37. The van der Waals surface area contributed by atoms with Crippen LogP contribution in [0.25, 0.3) is 0 Å². The van der Waals surface area contributed by atoms with Crippen LogP contribution in [-0.2, 0) is 20.5 Å². The van der Waals surface area contributed by atoms with Gasteiger partial charge in [-0.3, -0.25) is 9.79 Å². The van der Waals surface area contributed by atoms with E-state index in [-0.39, 0.29) is 12.2 Å². The second-order valence-electron chi connectivity index (χ2n) is 5.97. The lowest BCUT2D eigenvalue weighted by Crippen LogP contribution is -2.44. The van der Waals surface area contributed by atoms with Crippen molar-refractivity contribution in [2.45, 2.75) is 38.8 Å². The number of carboxylic acid groups (broad SMARTS) is 1. The number of benzene rings is 1. The minimum absolute atomic E-state index is 0.0369. The van der Waals surface area contributed by atoms with Crippen molar-refractivity contribution in [3.05, 3.63) is 29.8 Å². The number of hydrogen-bond acceptors (Lipinski definition) is 5. The van der Waals surface area contributed by atoms with Crippen molar-refractivity contribution >= 4 is 19.9 Å². The summed E-state index contributed by atoms with van der Waals surface area (Å²) in [7, 11) is -4.65. The molecule has 0 saturated carbocycles. The van der Waals surface area contributed by atoms with Gasteiger partial charge < -0.3 is 19.7 Å². The number of aliphatic carboxylic acids is 1. The number of alkyl carbamates (subject to hydrolysis) is 1. The van der Waals surface area contributed by atoms with Crippen molar-refractivity contribution in [3.8, 4) is 5.75 Å². The van der Waals surface area contributed by atoms with E-state index in [9.17, 15) is 19.3 Å². The first-order valence-corrected chi connectivity index (χ1v) is 8.45. The van der Waals surface area contributed by atoms with Gasteiger partial charge in [0.05, 0.1) is 0 Å². The molecular weight excluding hydrogens is 341 g/mol. The van der Waals surface area contributed by atoms with Gasteiger partial charge in [-0.25, -0.2) is 14.2 Å². The number of hydrogen-bond donors (Lipinski definition) is 4. The van der Waals surface area contributed by atoms with E-state index in [0.717, 1.165) is 0 Å². The number of phosphoric ester groups is 1. The van der Waals surface area contributed by atoms with Crippen LogP contribution < -0.4 is 9.84 Å². The van der Waals surface area contributed by atoms with Gasteiger partial charge in [-0.1, -0.05) is 12.1 Å². The van der Waals surface area contributed by atoms with E-state index in [4.69, 9.17) is 14.5 Å². The second kappa shape index (κ2) is 7.65. The summed E-state index contributed by atoms with van der Waals surface area (Å²) in [5.41, 5.74) is -0.231. The van der Waals surface area contributed by atoms with E-state index in [1.807, 2.05) is 0 Å². The molecule has 24 heavy (non-hydrogen) atoms. The van der Waals surface area contributed by atoms with Gasteiger partial charge in [0.2, 0.25) is 0 Å². The lowest BCUT2D eigenvalue weighted by Gasteiger charge is -2.22. The molecule has 1 aromatic rings. The third-order valence-corrected chi connectivity index (χ3v) is 3.03. The van der Waals surface area contributed by atoms with Crippen LogP contribution in [0, 0.1) is 0 Å². The molecule has 0 aromatic heterocycles. The summed E-state index contributed by atoms with van der Waals surface area (Å²) in [6, 6.07) is 4.25. The number of ether oxygens (including phenoxy) is 1. The Morgan fingerprint density at radius 2 is 1.75 bits per heavy atom. The van der Waals surface area contributed by atoms with Crippen LogP contribution in [0.15, 0.2) is 24.3 Å². The third kappa shape index (κ3) is 7.96. The Hall–Kier alpha value is -2.09.